The highest BCUT2D eigenvalue weighted by atomic mass is 19.4. The predicted octanol–water partition coefficient (Wildman–Crippen LogP) is 7.31. The first kappa shape index (κ1) is 28.5. The molecule has 0 aliphatic heterocycles. The number of carbonyl (C=O) groups is 2. The summed E-state index contributed by atoms with van der Waals surface area (Å²) >= 11 is 0. The summed E-state index contributed by atoms with van der Waals surface area (Å²) in [5.41, 5.74) is 4.76. The highest BCUT2D eigenvalue weighted by Crippen LogP contribution is 2.41. The van der Waals surface area contributed by atoms with Crippen LogP contribution < -0.4 is 10.1 Å². The summed E-state index contributed by atoms with van der Waals surface area (Å²) in [5.74, 6) is -2.25. The van der Waals surface area contributed by atoms with E-state index in [1.807, 2.05) is 60.8 Å². The third-order valence-electron chi connectivity index (χ3n) is 7.00. The second-order valence-electron chi connectivity index (χ2n) is 9.81. The molecule has 1 amide bonds. The Morgan fingerprint density at radius 2 is 1.57 bits per heavy atom. The van der Waals surface area contributed by atoms with E-state index in [0.29, 0.717) is 17.5 Å². The van der Waals surface area contributed by atoms with Gasteiger partial charge in [-0.25, -0.2) is 0 Å². The van der Waals surface area contributed by atoms with Crippen molar-refractivity contribution in [1.29, 1.82) is 0 Å². The highest BCUT2D eigenvalue weighted by molar-refractivity contribution is 5.94. The molecule has 0 aliphatic rings. The number of aliphatic carboxylic acids is 1. The third-order valence-corrected chi connectivity index (χ3v) is 7.00. The summed E-state index contributed by atoms with van der Waals surface area (Å²) in [6.45, 7) is -0.00169. The molecule has 0 fully saturated rings. The average molecular weight is 573 g/mol. The maximum atomic E-state index is 13.6. The molecule has 1 unspecified atom stereocenters. The minimum absolute atomic E-state index is 0.00169. The van der Waals surface area contributed by atoms with E-state index in [-0.39, 0.29) is 18.7 Å². The standard InChI is InChI=1S/C33H27F3N2O4/c34-33(35,36)42-30-15-14-24(22-6-2-1-3-7-22)19-27(30)26(28-20-38-29-9-5-4-8-25(28)29)18-21-10-12-23(13-11-21)32(41)37-17-16-31(39)40/h1-15,19-20,26,38H,16-18H2,(H,37,41)(H,39,40). The van der Waals surface area contributed by atoms with Gasteiger partial charge >= 0.3 is 12.3 Å². The normalized spacial score (nSPS) is 12.2. The topological polar surface area (TPSA) is 91.4 Å². The predicted molar refractivity (Wildman–Crippen MR) is 153 cm³/mol. The molecule has 214 valence electrons. The minimum atomic E-state index is -4.89. The highest BCUT2D eigenvalue weighted by Gasteiger charge is 2.34. The molecule has 6 nitrogen and oxygen atoms in total. The Balaban J connectivity index is 1.56. The lowest BCUT2D eigenvalue weighted by Crippen LogP contribution is -2.25. The van der Waals surface area contributed by atoms with Crippen LogP contribution in [0, 0.1) is 0 Å². The van der Waals surface area contributed by atoms with Crippen LogP contribution in [-0.4, -0.2) is 34.9 Å². The molecule has 0 bridgehead atoms. The zero-order valence-corrected chi connectivity index (χ0v) is 22.3. The van der Waals surface area contributed by atoms with E-state index >= 15 is 0 Å². The molecule has 1 aromatic heterocycles. The van der Waals surface area contributed by atoms with Gasteiger partial charge in [0.25, 0.3) is 5.91 Å². The van der Waals surface area contributed by atoms with Gasteiger partial charge in [0.15, 0.2) is 0 Å². The van der Waals surface area contributed by atoms with Gasteiger partial charge in [-0.3, -0.25) is 9.59 Å². The van der Waals surface area contributed by atoms with Gasteiger partial charge in [-0.2, -0.15) is 0 Å². The lowest BCUT2D eigenvalue weighted by molar-refractivity contribution is -0.274. The van der Waals surface area contributed by atoms with E-state index in [4.69, 9.17) is 5.11 Å². The smallest absolute Gasteiger partial charge is 0.481 e. The van der Waals surface area contributed by atoms with Crippen molar-refractivity contribution in [3.05, 3.63) is 126 Å². The molecule has 5 aromatic rings. The van der Waals surface area contributed by atoms with Crippen LogP contribution in [-0.2, 0) is 11.2 Å². The lowest BCUT2D eigenvalue weighted by Gasteiger charge is -2.23. The first-order valence-electron chi connectivity index (χ1n) is 13.3. The van der Waals surface area contributed by atoms with E-state index in [0.717, 1.165) is 33.2 Å². The second kappa shape index (κ2) is 12.2. The number of H-pyrrole nitrogens is 1. The molecule has 1 heterocycles. The second-order valence-corrected chi connectivity index (χ2v) is 9.81. The van der Waals surface area contributed by atoms with E-state index in [9.17, 15) is 22.8 Å². The molecule has 9 heteroatoms. The van der Waals surface area contributed by atoms with Crippen molar-refractivity contribution >= 4 is 22.8 Å². The molecule has 0 saturated carbocycles. The molecule has 0 aliphatic carbocycles. The number of benzene rings is 4. The summed E-state index contributed by atoms with van der Waals surface area (Å²) in [6, 6.07) is 28.4. The van der Waals surface area contributed by atoms with Crippen LogP contribution in [0.2, 0.25) is 0 Å². The fourth-order valence-corrected chi connectivity index (χ4v) is 5.03. The van der Waals surface area contributed by atoms with Crippen molar-refractivity contribution < 1.29 is 32.6 Å². The molecule has 0 saturated heterocycles. The average Bonchev–Trinajstić information content (AvgIpc) is 3.40. The summed E-state index contributed by atoms with van der Waals surface area (Å²) in [6.07, 6.45) is -2.95. The zero-order chi connectivity index (χ0) is 29.7. The van der Waals surface area contributed by atoms with Crippen molar-refractivity contribution in [3.63, 3.8) is 0 Å². The zero-order valence-electron chi connectivity index (χ0n) is 22.3. The van der Waals surface area contributed by atoms with Gasteiger partial charge in [0.05, 0.1) is 6.42 Å². The molecule has 1 atom stereocenters. The fourth-order valence-electron chi connectivity index (χ4n) is 5.03. The molecule has 42 heavy (non-hydrogen) atoms. The molecule has 4 aromatic carbocycles. The number of carbonyl (C=O) groups excluding carboxylic acids is 1. The lowest BCUT2D eigenvalue weighted by atomic mass is 9.84. The molecular weight excluding hydrogens is 545 g/mol. The maximum absolute atomic E-state index is 13.6. The number of rotatable bonds is 10. The van der Waals surface area contributed by atoms with Crippen molar-refractivity contribution in [1.82, 2.24) is 10.3 Å². The number of fused-ring (bicyclic) bond motifs is 1. The Bertz CT molecular complexity index is 1700. The van der Waals surface area contributed by atoms with Crippen LogP contribution in [0.15, 0.2) is 103 Å². The van der Waals surface area contributed by atoms with E-state index in [1.54, 1.807) is 36.4 Å². The number of nitrogens with one attached hydrogen (secondary N) is 2. The number of alkyl halides is 3. The van der Waals surface area contributed by atoms with Gasteiger partial charge in [-0.05, 0) is 59.0 Å². The van der Waals surface area contributed by atoms with Crippen molar-refractivity contribution in [2.24, 2.45) is 0 Å². The van der Waals surface area contributed by atoms with Crippen LogP contribution in [0.4, 0.5) is 13.2 Å². The quantitative estimate of drug-likeness (QED) is 0.164. The molecule has 3 N–H and O–H groups in total. The number of aromatic nitrogens is 1. The Labute approximate surface area is 239 Å². The first-order valence-corrected chi connectivity index (χ1v) is 13.3. The molecule has 0 spiro atoms. The van der Waals surface area contributed by atoms with E-state index in [2.05, 4.69) is 15.0 Å². The monoisotopic (exact) mass is 572 g/mol. The summed E-state index contributed by atoms with van der Waals surface area (Å²) in [7, 11) is 0. The number of para-hydroxylation sites is 1. The van der Waals surface area contributed by atoms with Crippen molar-refractivity contribution in [2.45, 2.75) is 25.1 Å². The third kappa shape index (κ3) is 6.80. The number of amides is 1. The number of hydrogen-bond donors (Lipinski definition) is 3. The minimum Gasteiger partial charge on any atom is -0.481 e. The van der Waals surface area contributed by atoms with Crippen LogP contribution in [0.5, 0.6) is 5.75 Å². The number of ether oxygens (including phenoxy) is 1. The summed E-state index contributed by atoms with van der Waals surface area (Å²) < 4.78 is 45.3. The first-order chi connectivity index (χ1) is 20.2. The Morgan fingerprint density at radius 1 is 0.857 bits per heavy atom. The van der Waals surface area contributed by atoms with Crippen LogP contribution in [0.3, 0.4) is 0 Å². The summed E-state index contributed by atoms with van der Waals surface area (Å²) in [5, 5.41) is 12.2. The molecular formula is C33H27F3N2O4. The Hall–Kier alpha value is -5.05. The number of aromatic amines is 1. The number of carboxylic acids is 1. The van der Waals surface area contributed by atoms with Gasteiger partial charge in [-0.15, -0.1) is 13.2 Å². The Morgan fingerprint density at radius 3 is 2.29 bits per heavy atom. The molecule has 5 rings (SSSR count). The van der Waals surface area contributed by atoms with Crippen molar-refractivity contribution in [2.75, 3.05) is 6.54 Å². The fraction of sp³-hybridized carbons (Fsp3) is 0.152. The number of carboxylic acid groups (broad SMARTS) is 1. The summed E-state index contributed by atoms with van der Waals surface area (Å²) in [4.78, 5) is 26.4. The van der Waals surface area contributed by atoms with Crippen LogP contribution >= 0.6 is 0 Å². The van der Waals surface area contributed by atoms with Gasteiger partial charge in [0.1, 0.15) is 5.75 Å². The molecule has 0 radical (unpaired) electrons. The van der Waals surface area contributed by atoms with Gasteiger partial charge in [0, 0.05) is 40.7 Å². The van der Waals surface area contributed by atoms with E-state index < -0.39 is 24.2 Å². The number of hydrogen-bond acceptors (Lipinski definition) is 3. The van der Waals surface area contributed by atoms with Crippen molar-refractivity contribution in [3.8, 4) is 16.9 Å². The van der Waals surface area contributed by atoms with Crippen LogP contribution in [0.25, 0.3) is 22.0 Å². The largest absolute Gasteiger partial charge is 0.573 e. The number of halogens is 3. The SMILES string of the molecule is O=C(O)CCNC(=O)c1ccc(CC(c2cc(-c3ccccc3)ccc2OC(F)(F)F)c2c[nH]c3ccccc23)cc1. The van der Waals surface area contributed by atoms with Gasteiger partial charge < -0.3 is 20.1 Å². The maximum Gasteiger partial charge on any atom is 0.573 e. The van der Waals surface area contributed by atoms with E-state index in [1.165, 1.54) is 6.07 Å². The van der Waals surface area contributed by atoms with Gasteiger partial charge in [-0.1, -0.05) is 66.7 Å². The van der Waals surface area contributed by atoms with Gasteiger partial charge in [0.2, 0.25) is 0 Å². The van der Waals surface area contributed by atoms with Crippen LogP contribution in [0.1, 0.15) is 39.4 Å². The Kier molecular flexibility index (Phi) is 8.28.